The summed E-state index contributed by atoms with van der Waals surface area (Å²) in [6, 6.07) is 4.83. The van der Waals surface area contributed by atoms with E-state index in [1.807, 2.05) is 0 Å². The maximum Gasteiger partial charge on any atom is 0.416 e. The molecule has 0 spiro atoms. The fraction of sp³-hybridized carbons (Fsp3) is 0.400. The molecule has 1 aliphatic carbocycles. The van der Waals surface area contributed by atoms with Crippen LogP contribution in [-0.2, 0) is 20.4 Å². The summed E-state index contributed by atoms with van der Waals surface area (Å²) in [6.07, 6.45) is -3.71. The van der Waals surface area contributed by atoms with Crippen molar-refractivity contribution in [3.05, 3.63) is 41.3 Å². The van der Waals surface area contributed by atoms with Crippen LogP contribution in [0.2, 0.25) is 0 Å². The minimum atomic E-state index is -4.47. The number of ketones is 1. The molecular weight excluding hydrogens is 299 g/mol. The molecule has 3 rings (SSSR count). The van der Waals surface area contributed by atoms with Gasteiger partial charge in [-0.2, -0.15) is 13.2 Å². The third kappa shape index (κ3) is 2.81. The molecule has 1 atom stereocenters. The fourth-order valence-electron chi connectivity index (χ4n) is 2.25. The predicted molar refractivity (Wildman–Crippen MR) is 71.4 cm³/mol. The second-order valence-corrected chi connectivity index (χ2v) is 5.25. The Hall–Kier alpha value is -2.02. The summed E-state index contributed by atoms with van der Waals surface area (Å²) in [5.74, 6) is -0.288. The molecule has 0 bridgehead atoms. The number of alkyl halides is 3. The summed E-state index contributed by atoms with van der Waals surface area (Å²) < 4.78 is 48.8. The quantitative estimate of drug-likeness (QED) is 0.928. The largest absolute Gasteiger partial charge is 0.441 e. The third-order valence-corrected chi connectivity index (χ3v) is 3.52. The molecule has 0 amide bonds. The molecule has 22 heavy (non-hydrogen) atoms. The molecule has 7 heteroatoms. The van der Waals surface area contributed by atoms with Crippen LogP contribution in [0.4, 0.5) is 13.2 Å². The summed E-state index contributed by atoms with van der Waals surface area (Å²) in [7, 11) is 1.31. The Morgan fingerprint density at radius 3 is 2.64 bits per heavy atom. The fourth-order valence-corrected chi connectivity index (χ4v) is 2.25. The maximum absolute atomic E-state index is 12.8. The zero-order chi connectivity index (χ0) is 15.9. The number of carbonyl (C=O) groups excluding carboxylic acids is 1. The third-order valence-electron chi connectivity index (χ3n) is 3.52. The van der Waals surface area contributed by atoms with Crippen LogP contribution in [0, 0.1) is 0 Å². The van der Waals surface area contributed by atoms with Gasteiger partial charge in [-0.15, -0.1) is 0 Å². The predicted octanol–water partition coefficient (Wildman–Crippen LogP) is 2.70. The Kier molecular flexibility index (Phi) is 3.60. The first-order valence-corrected chi connectivity index (χ1v) is 6.82. The first-order valence-electron chi connectivity index (χ1n) is 6.82. The van der Waals surface area contributed by atoms with E-state index in [-0.39, 0.29) is 23.1 Å². The van der Waals surface area contributed by atoms with Crippen LogP contribution < -0.4 is 5.32 Å². The molecule has 4 nitrogen and oxygen atoms in total. The molecule has 0 aromatic heterocycles. The zero-order valence-electron chi connectivity index (χ0n) is 11.7. The van der Waals surface area contributed by atoms with Gasteiger partial charge < -0.3 is 14.8 Å². The molecule has 1 aromatic rings. The summed E-state index contributed by atoms with van der Waals surface area (Å²) in [5, 5.41) is 3.03. The van der Waals surface area contributed by atoms with Crippen molar-refractivity contribution in [2.45, 2.75) is 31.3 Å². The number of benzene rings is 1. The highest BCUT2D eigenvalue weighted by Gasteiger charge is 2.39. The van der Waals surface area contributed by atoms with E-state index in [0.717, 1.165) is 25.0 Å². The second-order valence-electron chi connectivity index (χ2n) is 5.25. The van der Waals surface area contributed by atoms with Crippen LogP contribution >= 0.6 is 0 Å². The molecule has 1 unspecified atom stereocenters. The molecular formula is C15H14F3NO3. The Morgan fingerprint density at radius 1 is 1.32 bits per heavy atom. The van der Waals surface area contributed by atoms with E-state index < -0.39 is 23.8 Å². The highest BCUT2D eigenvalue weighted by Crippen LogP contribution is 2.35. The van der Waals surface area contributed by atoms with Gasteiger partial charge in [0.25, 0.3) is 6.29 Å². The topological polar surface area (TPSA) is 47.6 Å². The van der Waals surface area contributed by atoms with Crippen LogP contribution in [0.3, 0.4) is 0 Å². The monoisotopic (exact) mass is 313 g/mol. The minimum absolute atomic E-state index is 0.102. The Labute approximate surface area is 124 Å². The SMILES string of the molecule is COC1OC(NC2CC2)=C(c2cccc(C(F)(F)F)c2)C1=O. The molecule has 0 radical (unpaired) electrons. The number of ether oxygens (including phenoxy) is 2. The smallest absolute Gasteiger partial charge is 0.416 e. The van der Waals surface area contributed by atoms with Crippen molar-refractivity contribution >= 4 is 11.4 Å². The number of rotatable bonds is 4. The molecule has 1 saturated carbocycles. The first-order chi connectivity index (χ1) is 10.4. The van der Waals surface area contributed by atoms with Crippen molar-refractivity contribution in [1.82, 2.24) is 5.32 Å². The normalized spacial score (nSPS) is 22.0. The number of hydrogen-bond donors (Lipinski definition) is 1. The van der Waals surface area contributed by atoms with Gasteiger partial charge in [0, 0.05) is 13.2 Å². The number of carbonyl (C=O) groups is 1. The number of halogens is 3. The Balaban J connectivity index is 2.00. The van der Waals surface area contributed by atoms with E-state index in [0.29, 0.717) is 0 Å². The molecule has 1 heterocycles. The Bertz CT molecular complexity index is 635. The van der Waals surface area contributed by atoms with Gasteiger partial charge in [-0.3, -0.25) is 4.79 Å². The average Bonchev–Trinajstić information content (AvgIpc) is 3.22. The van der Waals surface area contributed by atoms with Crippen LogP contribution in [0.1, 0.15) is 24.0 Å². The maximum atomic E-state index is 12.8. The van der Waals surface area contributed by atoms with Crippen molar-refractivity contribution < 1.29 is 27.4 Å². The van der Waals surface area contributed by atoms with Crippen molar-refractivity contribution in [3.8, 4) is 0 Å². The number of methoxy groups -OCH3 is 1. The summed E-state index contributed by atoms with van der Waals surface area (Å²) in [4.78, 5) is 12.3. The van der Waals surface area contributed by atoms with Crippen LogP contribution in [0.5, 0.6) is 0 Å². The lowest BCUT2D eigenvalue weighted by Gasteiger charge is -2.10. The number of nitrogens with one attached hydrogen (secondary N) is 1. The molecule has 1 aromatic carbocycles. The number of Topliss-reactive ketones (excluding diaryl/α,β-unsaturated/α-hetero) is 1. The summed E-state index contributed by atoms with van der Waals surface area (Å²) in [5.41, 5.74) is -0.538. The standard InChI is InChI=1S/C15H14F3NO3/c1-21-14-12(20)11(13(22-14)19-10-5-6-10)8-3-2-4-9(7-8)15(16,17)18/h2-4,7,10,14,19H,5-6H2,1H3. The Morgan fingerprint density at radius 2 is 2.05 bits per heavy atom. The summed E-state index contributed by atoms with van der Waals surface area (Å²) in [6.45, 7) is 0. The van der Waals surface area contributed by atoms with Gasteiger partial charge in [0.1, 0.15) is 0 Å². The lowest BCUT2D eigenvalue weighted by molar-refractivity contribution is -0.143. The van der Waals surface area contributed by atoms with Crippen molar-refractivity contribution in [3.63, 3.8) is 0 Å². The highest BCUT2D eigenvalue weighted by molar-refractivity contribution is 6.24. The van der Waals surface area contributed by atoms with Crippen molar-refractivity contribution in [2.24, 2.45) is 0 Å². The van der Waals surface area contributed by atoms with Gasteiger partial charge in [-0.05, 0) is 30.5 Å². The van der Waals surface area contributed by atoms with Gasteiger partial charge in [0.05, 0.1) is 11.1 Å². The van der Waals surface area contributed by atoms with E-state index in [4.69, 9.17) is 9.47 Å². The molecule has 2 aliphatic rings. The van der Waals surface area contributed by atoms with E-state index in [2.05, 4.69) is 5.32 Å². The molecule has 118 valence electrons. The van der Waals surface area contributed by atoms with Crippen LogP contribution in [0.25, 0.3) is 5.57 Å². The van der Waals surface area contributed by atoms with Gasteiger partial charge >= 0.3 is 6.18 Å². The highest BCUT2D eigenvalue weighted by atomic mass is 19.4. The number of hydrogen-bond acceptors (Lipinski definition) is 4. The molecule has 1 N–H and O–H groups in total. The average molecular weight is 313 g/mol. The molecule has 1 fully saturated rings. The minimum Gasteiger partial charge on any atom is -0.441 e. The summed E-state index contributed by atoms with van der Waals surface area (Å²) >= 11 is 0. The lowest BCUT2D eigenvalue weighted by Crippen LogP contribution is -2.21. The van der Waals surface area contributed by atoms with E-state index in [9.17, 15) is 18.0 Å². The van der Waals surface area contributed by atoms with Crippen molar-refractivity contribution in [2.75, 3.05) is 7.11 Å². The van der Waals surface area contributed by atoms with Gasteiger partial charge in [0.2, 0.25) is 11.7 Å². The van der Waals surface area contributed by atoms with Crippen LogP contribution in [0.15, 0.2) is 30.1 Å². The van der Waals surface area contributed by atoms with E-state index in [1.54, 1.807) is 0 Å². The van der Waals surface area contributed by atoms with Gasteiger partial charge in [-0.25, -0.2) is 0 Å². The van der Waals surface area contributed by atoms with Crippen molar-refractivity contribution in [1.29, 1.82) is 0 Å². The van der Waals surface area contributed by atoms with Gasteiger partial charge in [0.15, 0.2) is 0 Å². The first kappa shape index (κ1) is 14.9. The van der Waals surface area contributed by atoms with E-state index in [1.165, 1.54) is 19.2 Å². The zero-order valence-corrected chi connectivity index (χ0v) is 11.7. The second kappa shape index (κ2) is 5.31. The molecule has 0 saturated heterocycles. The molecule has 1 aliphatic heterocycles. The van der Waals surface area contributed by atoms with Crippen LogP contribution in [-0.4, -0.2) is 25.2 Å². The van der Waals surface area contributed by atoms with E-state index >= 15 is 0 Å². The lowest BCUT2D eigenvalue weighted by atomic mass is 10.0. The van der Waals surface area contributed by atoms with Gasteiger partial charge in [-0.1, -0.05) is 12.1 Å².